The largest absolute Gasteiger partial charge is 0.493 e. The van der Waals surface area contributed by atoms with Gasteiger partial charge in [-0.2, -0.15) is 13.2 Å². The molecule has 0 amide bonds. The highest BCUT2D eigenvalue weighted by molar-refractivity contribution is 9.10. The van der Waals surface area contributed by atoms with E-state index >= 15 is 0 Å². The second kappa shape index (κ2) is 7.73. The summed E-state index contributed by atoms with van der Waals surface area (Å²) in [5.41, 5.74) is 0.819. The van der Waals surface area contributed by atoms with Gasteiger partial charge >= 0.3 is 6.18 Å². The number of hydrogen-bond donors (Lipinski definition) is 1. The fraction of sp³-hybridized carbons (Fsp3) is 0.538. The Bertz CT molecular complexity index is 438. The van der Waals surface area contributed by atoms with Crippen molar-refractivity contribution < 1.29 is 22.6 Å². The van der Waals surface area contributed by atoms with Crippen LogP contribution in [-0.2, 0) is 6.54 Å². The Morgan fingerprint density at radius 3 is 2.55 bits per heavy atom. The molecule has 3 nitrogen and oxygen atoms in total. The van der Waals surface area contributed by atoms with Crippen LogP contribution in [0.2, 0.25) is 0 Å². The molecule has 0 aromatic heterocycles. The first kappa shape index (κ1) is 17.1. The number of halogens is 4. The lowest BCUT2D eigenvalue weighted by Gasteiger charge is -2.14. The first-order valence-corrected chi connectivity index (χ1v) is 6.93. The molecule has 114 valence electrons. The molecule has 0 heterocycles. The summed E-state index contributed by atoms with van der Waals surface area (Å²) < 4.78 is 47.4. The Balaban J connectivity index is 2.65. The van der Waals surface area contributed by atoms with Crippen molar-refractivity contribution in [2.24, 2.45) is 0 Å². The van der Waals surface area contributed by atoms with Gasteiger partial charge in [0.15, 0.2) is 11.5 Å². The van der Waals surface area contributed by atoms with Gasteiger partial charge < -0.3 is 14.8 Å². The third kappa shape index (κ3) is 5.58. The van der Waals surface area contributed by atoms with E-state index in [1.165, 1.54) is 7.11 Å². The molecule has 20 heavy (non-hydrogen) atoms. The predicted molar refractivity (Wildman–Crippen MR) is 74.2 cm³/mol. The van der Waals surface area contributed by atoms with E-state index < -0.39 is 12.6 Å². The maximum atomic E-state index is 12.0. The van der Waals surface area contributed by atoms with Crippen molar-refractivity contribution in [3.8, 4) is 11.5 Å². The molecule has 0 fully saturated rings. The lowest BCUT2D eigenvalue weighted by molar-refractivity contribution is -0.133. The van der Waals surface area contributed by atoms with E-state index in [2.05, 4.69) is 21.2 Å². The molecule has 0 bridgehead atoms. The molecule has 0 aliphatic heterocycles. The van der Waals surface area contributed by atoms with Gasteiger partial charge in [0.05, 0.1) is 24.6 Å². The van der Waals surface area contributed by atoms with E-state index in [1.54, 1.807) is 12.1 Å². The van der Waals surface area contributed by atoms with Crippen LogP contribution in [0.3, 0.4) is 0 Å². The van der Waals surface area contributed by atoms with Crippen molar-refractivity contribution in [2.75, 3.05) is 20.3 Å². The Kier molecular flexibility index (Phi) is 6.61. The minimum atomic E-state index is -4.13. The molecule has 1 N–H and O–H groups in total. The average Bonchev–Trinajstić information content (AvgIpc) is 2.36. The van der Waals surface area contributed by atoms with Crippen LogP contribution in [0.5, 0.6) is 11.5 Å². The third-order valence-electron chi connectivity index (χ3n) is 2.49. The van der Waals surface area contributed by atoms with Gasteiger partial charge in [-0.15, -0.1) is 0 Å². The van der Waals surface area contributed by atoms with E-state index in [9.17, 15) is 13.2 Å². The zero-order valence-electron chi connectivity index (χ0n) is 11.3. The van der Waals surface area contributed by atoms with Gasteiger partial charge in [-0.25, -0.2) is 0 Å². The molecule has 0 atom stereocenters. The molecule has 1 aromatic rings. The van der Waals surface area contributed by atoms with Crippen LogP contribution in [0.1, 0.15) is 18.9 Å². The number of alkyl halides is 3. The highest BCUT2D eigenvalue weighted by Crippen LogP contribution is 2.36. The minimum Gasteiger partial charge on any atom is -0.493 e. The van der Waals surface area contributed by atoms with Crippen molar-refractivity contribution in [3.63, 3.8) is 0 Å². The molecule has 7 heteroatoms. The van der Waals surface area contributed by atoms with Crippen LogP contribution in [0.25, 0.3) is 0 Å². The summed E-state index contributed by atoms with van der Waals surface area (Å²) in [7, 11) is 1.52. The lowest BCUT2D eigenvalue weighted by atomic mass is 10.2. The van der Waals surface area contributed by atoms with Gasteiger partial charge in [0, 0.05) is 13.1 Å². The van der Waals surface area contributed by atoms with Crippen molar-refractivity contribution in [2.45, 2.75) is 26.1 Å². The van der Waals surface area contributed by atoms with Gasteiger partial charge in [0.2, 0.25) is 0 Å². The molecule has 0 aliphatic carbocycles. The van der Waals surface area contributed by atoms with Crippen molar-refractivity contribution >= 4 is 15.9 Å². The highest BCUT2D eigenvalue weighted by atomic mass is 79.9. The zero-order chi connectivity index (χ0) is 15.2. The second-order valence-electron chi connectivity index (χ2n) is 4.08. The number of rotatable bonds is 7. The van der Waals surface area contributed by atoms with Gasteiger partial charge in [0.25, 0.3) is 0 Å². The number of ether oxygens (including phenoxy) is 2. The standard InChI is InChI=1S/C13H17BrF3NO2/c1-3-20-12-10(14)6-9(7-11(12)19-2)8-18-5-4-13(15,16)17/h6-7,18H,3-5,8H2,1-2H3. The fourth-order valence-corrected chi connectivity index (χ4v) is 2.23. The summed E-state index contributed by atoms with van der Waals surface area (Å²) in [5, 5.41) is 2.75. The second-order valence-corrected chi connectivity index (χ2v) is 4.94. The molecule has 1 aromatic carbocycles. The Labute approximate surface area is 124 Å². The lowest BCUT2D eigenvalue weighted by Crippen LogP contribution is -2.21. The van der Waals surface area contributed by atoms with Crippen LogP contribution in [-0.4, -0.2) is 26.4 Å². The molecule has 0 radical (unpaired) electrons. The van der Waals surface area contributed by atoms with Crippen molar-refractivity contribution in [1.29, 1.82) is 0 Å². The summed E-state index contributed by atoms with van der Waals surface area (Å²) in [6, 6.07) is 3.55. The average molecular weight is 356 g/mol. The summed E-state index contributed by atoms with van der Waals surface area (Å²) in [6.07, 6.45) is -4.98. The van der Waals surface area contributed by atoms with E-state index in [0.29, 0.717) is 29.1 Å². The summed E-state index contributed by atoms with van der Waals surface area (Å²) >= 11 is 3.37. The Hall–Kier alpha value is -0.950. The SMILES string of the molecule is CCOc1c(Br)cc(CNCCC(F)(F)F)cc1OC. The molecular weight excluding hydrogens is 339 g/mol. The molecule has 0 saturated heterocycles. The molecule has 1 rings (SSSR count). The zero-order valence-corrected chi connectivity index (χ0v) is 12.9. The van der Waals surface area contributed by atoms with E-state index in [4.69, 9.17) is 9.47 Å². The topological polar surface area (TPSA) is 30.5 Å². The quantitative estimate of drug-likeness (QED) is 0.752. The number of methoxy groups -OCH3 is 1. The normalized spacial score (nSPS) is 11.5. The smallest absolute Gasteiger partial charge is 0.390 e. The Morgan fingerprint density at radius 1 is 1.30 bits per heavy atom. The van der Waals surface area contributed by atoms with E-state index in [1.807, 2.05) is 6.92 Å². The molecule has 0 saturated carbocycles. The third-order valence-corrected chi connectivity index (χ3v) is 3.08. The molecule has 0 aliphatic rings. The van der Waals surface area contributed by atoms with Crippen molar-refractivity contribution in [3.05, 3.63) is 22.2 Å². The maximum Gasteiger partial charge on any atom is 0.390 e. The van der Waals surface area contributed by atoms with Crippen LogP contribution in [0, 0.1) is 0 Å². The molecule has 0 spiro atoms. The van der Waals surface area contributed by atoms with Crippen LogP contribution >= 0.6 is 15.9 Å². The van der Waals surface area contributed by atoms with Gasteiger partial charge in [-0.1, -0.05) is 0 Å². The predicted octanol–water partition coefficient (Wildman–Crippen LogP) is 3.90. The van der Waals surface area contributed by atoms with E-state index in [0.717, 1.165) is 5.56 Å². The van der Waals surface area contributed by atoms with Crippen LogP contribution in [0.15, 0.2) is 16.6 Å². The maximum absolute atomic E-state index is 12.0. The molecule has 0 unspecified atom stereocenters. The monoisotopic (exact) mass is 355 g/mol. The van der Waals surface area contributed by atoms with Gasteiger partial charge in [-0.05, 0) is 40.5 Å². The van der Waals surface area contributed by atoms with Crippen molar-refractivity contribution in [1.82, 2.24) is 5.32 Å². The number of hydrogen-bond acceptors (Lipinski definition) is 3. The summed E-state index contributed by atoms with van der Waals surface area (Å²) in [5.74, 6) is 1.14. The summed E-state index contributed by atoms with van der Waals surface area (Å²) in [6.45, 7) is 2.57. The fourth-order valence-electron chi connectivity index (χ4n) is 1.62. The first-order valence-electron chi connectivity index (χ1n) is 6.14. The van der Waals surface area contributed by atoms with Crippen LogP contribution < -0.4 is 14.8 Å². The minimum absolute atomic E-state index is 0.114. The summed E-state index contributed by atoms with van der Waals surface area (Å²) in [4.78, 5) is 0. The first-order chi connectivity index (χ1) is 9.37. The molecular formula is C13H17BrF3NO2. The van der Waals surface area contributed by atoms with E-state index in [-0.39, 0.29) is 6.54 Å². The highest BCUT2D eigenvalue weighted by Gasteiger charge is 2.25. The number of nitrogens with one attached hydrogen (secondary N) is 1. The Morgan fingerprint density at radius 2 is 2.00 bits per heavy atom. The van der Waals surface area contributed by atoms with Gasteiger partial charge in [0.1, 0.15) is 0 Å². The van der Waals surface area contributed by atoms with Crippen LogP contribution in [0.4, 0.5) is 13.2 Å². The van der Waals surface area contributed by atoms with Gasteiger partial charge in [-0.3, -0.25) is 0 Å². The number of benzene rings is 1.